The molecule has 0 saturated heterocycles. The number of rotatable bonds is 10. The highest BCUT2D eigenvalue weighted by Gasteiger charge is 2.02. The van der Waals surface area contributed by atoms with Crippen LogP contribution in [0.1, 0.15) is 39.5 Å². The molecule has 0 bridgehead atoms. The molecule has 4 nitrogen and oxygen atoms in total. The van der Waals surface area contributed by atoms with Gasteiger partial charge in [-0.25, -0.2) is 0 Å². The van der Waals surface area contributed by atoms with E-state index in [0.717, 1.165) is 43.7 Å². The first-order valence-corrected chi connectivity index (χ1v) is 7.49. The Kier molecular flexibility index (Phi) is 8.47. The second-order valence-corrected chi connectivity index (χ2v) is 4.81. The lowest BCUT2D eigenvalue weighted by molar-refractivity contribution is -0.115. The molecule has 1 aromatic carbocycles. The van der Waals surface area contributed by atoms with Crippen molar-refractivity contribution in [3.8, 4) is 5.75 Å². The van der Waals surface area contributed by atoms with Crippen LogP contribution in [-0.4, -0.2) is 25.6 Å². The van der Waals surface area contributed by atoms with Gasteiger partial charge >= 0.3 is 0 Å². The summed E-state index contributed by atoms with van der Waals surface area (Å²) in [4.78, 5) is 11.7. The van der Waals surface area contributed by atoms with E-state index in [4.69, 9.17) is 4.74 Å². The zero-order valence-electron chi connectivity index (χ0n) is 12.6. The third-order valence-corrected chi connectivity index (χ3v) is 2.88. The highest BCUT2D eigenvalue weighted by Crippen LogP contribution is 2.17. The number of anilines is 1. The van der Waals surface area contributed by atoms with Crippen molar-refractivity contribution < 1.29 is 9.53 Å². The van der Waals surface area contributed by atoms with Crippen molar-refractivity contribution >= 4 is 11.6 Å². The minimum atomic E-state index is -0.0215. The number of nitrogens with one attached hydrogen (secondary N) is 2. The predicted molar refractivity (Wildman–Crippen MR) is 83.3 cm³/mol. The van der Waals surface area contributed by atoms with Crippen LogP contribution in [0.2, 0.25) is 0 Å². The van der Waals surface area contributed by atoms with E-state index in [2.05, 4.69) is 24.5 Å². The molecule has 0 aliphatic rings. The van der Waals surface area contributed by atoms with Crippen molar-refractivity contribution in [3.05, 3.63) is 24.3 Å². The Labute approximate surface area is 121 Å². The Morgan fingerprint density at radius 1 is 1.20 bits per heavy atom. The van der Waals surface area contributed by atoms with Gasteiger partial charge in [0.1, 0.15) is 5.75 Å². The molecule has 0 spiro atoms. The topological polar surface area (TPSA) is 50.4 Å². The standard InChI is InChI=1S/C16H26N2O2/c1-3-5-10-17-13-16(19)18-14-8-7-9-15(12-14)20-11-6-4-2/h7-9,12,17H,3-6,10-11,13H2,1-2H3,(H,18,19). The summed E-state index contributed by atoms with van der Waals surface area (Å²) in [5.41, 5.74) is 0.779. The van der Waals surface area contributed by atoms with Gasteiger partial charge in [0.2, 0.25) is 5.91 Å². The Bertz CT molecular complexity index is 394. The lowest BCUT2D eigenvalue weighted by Gasteiger charge is -2.09. The van der Waals surface area contributed by atoms with Crippen LogP contribution in [0.25, 0.3) is 0 Å². The third kappa shape index (κ3) is 7.14. The molecule has 0 heterocycles. The number of hydrogen-bond acceptors (Lipinski definition) is 3. The number of carbonyl (C=O) groups is 1. The number of hydrogen-bond donors (Lipinski definition) is 2. The lowest BCUT2D eigenvalue weighted by atomic mass is 10.3. The summed E-state index contributed by atoms with van der Waals surface area (Å²) in [5, 5.41) is 5.99. The molecule has 0 fully saturated rings. The molecular weight excluding hydrogens is 252 g/mol. The molecule has 1 rings (SSSR count). The van der Waals surface area contributed by atoms with Gasteiger partial charge in [0.25, 0.3) is 0 Å². The van der Waals surface area contributed by atoms with Gasteiger partial charge in [0.15, 0.2) is 0 Å². The van der Waals surface area contributed by atoms with E-state index in [9.17, 15) is 4.79 Å². The molecule has 0 unspecified atom stereocenters. The average molecular weight is 278 g/mol. The highest BCUT2D eigenvalue weighted by molar-refractivity contribution is 5.92. The van der Waals surface area contributed by atoms with Gasteiger partial charge in [-0.3, -0.25) is 4.79 Å². The van der Waals surface area contributed by atoms with Crippen molar-refractivity contribution in [1.29, 1.82) is 0 Å². The SMILES string of the molecule is CCCCNCC(=O)Nc1cccc(OCCCC)c1. The largest absolute Gasteiger partial charge is 0.494 e. The average Bonchev–Trinajstić information content (AvgIpc) is 2.44. The van der Waals surface area contributed by atoms with Gasteiger partial charge in [-0.2, -0.15) is 0 Å². The zero-order chi connectivity index (χ0) is 14.6. The summed E-state index contributed by atoms with van der Waals surface area (Å²) in [7, 11) is 0. The van der Waals surface area contributed by atoms with Gasteiger partial charge in [-0.15, -0.1) is 0 Å². The molecule has 0 radical (unpaired) electrons. The van der Waals surface area contributed by atoms with Crippen LogP contribution in [0, 0.1) is 0 Å². The van der Waals surface area contributed by atoms with Crippen LogP contribution in [0.4, 0.5) is 5.69 Å². The summed E-state index contributed by atoms with van der Waals surface area (Å²) >= 11 is 0. The molecule has 0 aliphatic heterocycles. The molecule has 0 saturated carbocycles. The smallest absolute Gasteiger partial charge is 0.238 e. The van der Waals surface area contributed by atoms with E-state index < -0.39 is 0 Å². The number of benzene rings is 1. The van der Waals surface area contributed by atoms with Crippen LogP contribution in [0.3, 0.4) is 0 Å². The molecular formula is C16H26N2O2. The first kappa shape index (κ1) is 16.5. The molecule has 0 aliphatic carbocycles. The van der Waals surface area contributed by atoms with Crippen LogP contribution < -0.4 is 15.4 Å². The first-order valence-electron chi connectivity index (χ1n) is 7.49. The van der Waals surface area contributed by atoms with E-state index >= 15 is 0 Å². The second kappa shape index (κ2) is 10.3. The monoisotopic (exact) mass is 278 g/mol. The van der Waals surface area contributed by atoms with Crippen LogP contribution in [-0.2, 0) is 4.79 Å². The Morgan fingerprint density at radius 3 is 2.75 bits per heavy atom. The van der Waals surface area contributed by atoms with Crippen molar-refractivity contribution in [2.75, 3.05) is 25.0 Å². The number of carbonyl (C=O) groups excluding carboxylic acids is 1. The van der Waals surface area contributed by atoms with Gasteiger partial charge in [-0.1, -0.05) is 32.8 Å². The van der Waals surface area contributed by atoms with Crippen molar-refractivity contribution in [1.82, 2.24) is 5.32 Å². The summed E-state index contributed by atoms with van der Waals surface area (Å²) in [6, 6.07) is 7.53. The summed E-state index contributed by atoms with van der Waals surface area (Å²) in [5.74, 6) is 0.780. The van der Waals surface area contributed by atoms with Gasteiger partial charge in [-0.05, 0) is 31.5 Å². The van der Waals surface area contributed by atoms with Crippen LogP contribution >= 0.6 is 0 Å². The molecule has 0 aromatic heterocycles. The molecule has 1 aromatic rings. The zero-order valence-corrected chi connectivity index (χ0v) is 12.6. The maximum absolute atomic E-state index is 11.7. The van der Waals surface area contributed by atoms with Crippen LogP contribution in [0.5, 0.6) is 5.75 Å². The molecule has 20 heavy (non-hydrogen) atoms. The van der Waals surface area contributed by atoms with E-state index in [1.54, 1.807) is 0 Å². The Morgan fingerprint density at radius 2 is 2.00 bits per heavy atom. The Balaban J connectivity index is 2.35. The van der Waals surface area contributed by atoms with Crippen molar-refractivity contribution in [2.24, 2.45) is 0 Å². The van der Waals surface area contributed by atoms with E-state index in [1.807, 2.05) is 24.3 Å². The fraction of sp³-hybridized carbons (Fsp3) is 0.562. The number of amides is 1. The number of ether oxygens (including phenoxy) is 1. The lowest BCUT2D eigenvalue weighted by Crippen LogP contribution is -2.28. The molecule has 2 N–H and O–H groups in total. The summed E-state index contributed by atoms with van der Waals surface area (Å²) < 4.78 is 5.61. The maximum atomic E-state index is 11.7. The highest BCUT2D eigenvalue weighted by atomic mass is 16.5. The minimum absolute atomic E-state index is 0.0215. The normalized spacial score (nSPS) is 10.3. The molecule has 112 valence electrons. The van der Waals surface area contributed by atoms with Crippen molar-refractivity contribution in [2.45, 2.75) is 39.5 Å². The van der Waals surface area contributed by atoms with E-state index in [1.165, 1.54) is 0 Å². The number of unbranched alkanes of at least 4 members (excludes halogenated alkanes) is 2. The second-order valence-electron chi connectivity index (χ2n) is 4.81. The first-order chi connectivity index (χ1) is 9.76. The molecule has 4 heteroatoms. The van der Waals surface area contributed by atoms with Crippen LogP contribution in [0.15, 0.2) is 24.3 Å². The van der Waals surface area contributed by atoms with Crippen molar-refractivity contribution in [3.63, 3.8) is 0 Å². The maximum Gasteiger partial charge on any atom is 0.238 e. The summed E-state index contributed by atoms with van der Waals surface area (Å²) in [6.45, 7) is 6.20. The minimum Gasteiger partial charge on any atom is -0.494 e. The predicted octanol–water partition coefficient (Wildman–Crippen LogP) is 3.19. The molecule has 0 atom stereocenters. The quantitative estimate of drug-likeness (QED) is 0.646. The van der Waals surface area contributed by atoms with E-state index in [0.29, 0.717) is 13.2 Å². The summed E-state index contributed by atoms with van der Waals surface area (Å²) in [6.07, 6.45) is 4.37. The van der Waals surface area contributed by atoms with Gasteiger partial charge < -0.3 is 15.4 Å². The fourth-order valence-corrected chi connectivity index (χ4v) is 1.71. The van der Waals surface area contributed by atoms with E-state index in [-0.39, 0.29) is 5.91 Å². The van der Waals surface area contributed by atoms with Gasteiger partial charge in [0.05, 0.1) is 13.2 Å². The van der Waals surface area contributed by atoms with Gasteiger partial charge in [0, 0.05) is 11.8 Å². The third-order valence-electron chi connectivity index (χ3n) is 2.88. The Hall–Kier alpha value is -1.55. The molecule has 1 amide bonds. The fourth-order valence-electron chi connectivity index (χ4n) is 1.71.